The standard InChI is InChI=1S/C17H21NO6S/c1-11-9-14(12(2)24-11)15(19)5-6-18-25(20,21)13-3-4-16-17(10-13)23-8-7-22-16/h3-4,9-10,15,18-19H,5-8H2,1-2H3. The van der Waals surface area contributed by atoms with Gasteiger partial charge in [-0.25, -0.2) is 13.1 Å². The van der Waals surface area contributed by atoms with Gasteiger partial charge in [-0.1, -0.05) is 0 Å². The van der Waals surface area contributed by atoms with Gasteiger partial charge in [0.15, 0.2) is 11.5 Å². The van der Waals surface area contributed by atoms with E-state index in [4.69, 9.17) is 13.9 Å². The number of nitrogens with one attached hydrogen (secondary N) is 1. The molecule has 8 heteroatoms. The van der Waals surface area contributed by atoms with Gasteiger partial charge in [0.2, 0.25) is 10.0 Å². The van der Waals surface area contributed by atoms with Gasteiger partial charge in [-0.05, 0) is 38.5 Å². The van der Waals surface area contributed by atoms with Crippen LogP contribution in [-0.4, -0.2) is 33.3 Å². The summed E-state index contributed by atoms with van der Waals surface area (Å²) in [5.41, 5.74) is 0.677. The van der Waals surface area contributed by atoms with Crippen LogP contribution in [0.4, 0.5) is 0 Å². The Morgan fingerprint density at radius 1 is 1.16 bits per heavy atom. The highest BCUT2D eigenvalue weighted by Crippen LogP contribution is 2.32. The van der Waals surface area contributed by atoms with Crippen molar-refractivity contribution < 1.29 is 27.4 Å². The van der Waals surface area contributed by atoms with Crippen molar-refractivity contribution in [2.75, 3.05) is 19.8 Å². The monoisotopic (exact) mass is 367 g/mol. The van der Waals surface area contributed by atoms with Crippen LogP contribution in [0.15, 0.2) is 33.6 Å². The molecule has 0 bridgehead atoms. The van der Waals surface area contributed by atoms with Crippen LogP contribution in [0.2, 0.25) is 0 Å². The largest absolute Gasteiger partial charge is 0.486 e. The highest BCUT2D eigenvalue weighted by atomic mass is 32.2. The summed E-state index contributed by atoms with van der Waals surface area (Å²) < 4.78 is 43.5. The molecule has 0 amide bonds. The molecule has 136 valence electrons. The fourth-order valence-corrected chi connectivity index (χ4v) is 3.80. The Bertz CT molecular complexity index is 858. The topological polar surface area (TPSA) is 98.0 Å². The Balaban J connectivity index is 1.63. The van der Waals surface area contributed by atoms with Crippen molar-refractivity contribution in [1.82, 2.24) is 4.72 Å². The van der Waals surface area contributed by atoms with Gasteiger partial charge in [-0.2, -0.15) is 0 Å². The fourth-order valence-electron chi connectivity index (χ4n) is 2.74. The summed E-state index contributed by atoms with van der Waals surface area (Å²) in [7, 11) is -3.70. The Hall–Kier alpha value is -2.03. The number of fused-ring (bicyclic) bond motifs is 1. The molecule has 1 unspecified atom stereocenters. The van der Waals surface area contributed by atoms with E-state index in [9.17, 15) is 13.5 Å². The predicted molar refractivity (Wildman–Crippen MR) is 90.4 cm³/mol. The first-order valence-corrected chi connectivity index (χ1v) is 9.49. The minimum absolute atomic E-state index is 0.0987. The molecule has 0 saturated heterocycles. The summed E-state index contributed by atoms with van der Waals surface area (Å²) >= 11 is 0. The molecule has 2 heterocycles. The molecule has 0 fully saturated rings. The lowest BCUT2D eigenvalue weighted by molar-refractivity contribution is 0.167. The molecular weight excluding hydrogens is 346 g/mol. The third kappa shape index (κ3) is 3.97. The number of ether oxygens (including phenoxy) is 2. The average Bonchev–Trinajstić information content (AvgIpc) is 2.92. The zero-order valence-corrected chi connectivity index (χ0v) is 14.9. The Morgan fingerprint density at radius 3 is 2.56 bits per heavy atom. The van der Waals surface area contributed by atoms with Gasteiger partial charge < -0.3 is 19.0 Å². The van der Waals surface area contributed by atoms with Gasteiger partial charge in [-0.15, -0.1) is 0 Å². The van der Waals surface area contributed by atoms with Crippen LogP contribution in [0.25, 0.3) is 0 Å². The summed E-state index contributed by atoms with van der Waals surface area (Å²) in [4.78, 5) is 0.0987. The summed E-state index contributed by atoms with van der Waals surface area (Å²) in [6.45, 7) is 4.50. The molecule has 1 atom stereocenters. The molecule has 0 saturated carbocycles. The van der Waals surface area contributed by atoms with E-state index >= 15 is 0 Å². The third-order valence-electron chi connectivity index (χ3n) is 3.97. The van der Waals surface area contributed by atoms with E-state index in [1.807, 2.05) is 0 Å². The maximum Gasteiger partial charge on any atom is 0.240 e. The number of benzene rings is 1. The maximum atomic E-state index is 12.4. The van der Waals surface area contributed by atoms with Crippen molar-refractivity contribution in [1.29, 1.82) is 0 Å². The number of hydrogen-bond acceptors (Lipinski definition) is 6. The number of aliphatic hydroxyl groups is 1. The van der Waals surface area contributed by atoms with Crippen molar-refractivity contribution in [3.05, 3.63) is 41.3 Å². The van der Waals surface area contributed by atoms with Crippen LogP contribution in [0.1, 0.15) is 29.6 Å². The zero-order chi connectivity index (χ0) is 18.0. The Morgan fingerprint density at radius 2 is 1.88 bits per heavy atom. The van der Waals surface area contributed by atoms with Crippen LogP contribution in [0.5, 0.6) is 11.5 Å². The molecule has 1 aromatic carbocycles. The van der Waals surface area contributed by atoms with E-state index in [1.165, 1.54) is 12.1 Å². The molecule has 2 aromatic rings. The molecule has 0 spiro atoms. The number of aryl methyl sites for hydroxylation is 2. The van der Waals surface area contributed by atoms with Crippen LogP contribution in [-0.2, 0) is 10.0 Å². The summed E-state index contributed by atoms with van der Waals surface area (Å²) in [6.07, 6.45) is -0.552. The SMILES string of the molecule is Cc1cc(C(O)CCNS(=O)(=O)c2ccc3c(c2)OCCO3)c(C)o1. The van der Waals surface area contributed by atoms with Crippen LogP contribution < -0.4 is 14.2 Å². The van der Waals surface area contributed by atoms with Crippen molar-refractivity contribution in [3.63, 3.8) is 0 Å². The Labute approximate surface area is 146 Å². The molecule has 25 heavy (non-hydrogen) atoms. The highest BCUT2D eigenvalue weighted by Gasteiger charge is 2.20. The third-order valence-corrected chi connectivity index (χ3v) is 5.43. The quantitative estimate of drug-likeness (QED) is 0.811. The first kappa shape index (κ1) is 17.8. The second kappa shape index (κ2) is 7.07. The normalized spacial score (nSPS) is 15.2. The second-order valence-corrected chi connectivity index (χ2v) is 7.64. The van der Waals surface area contributed by atoms with Crippen LogP contribution in [0, 0.1) is 13.8 Å². The minimum atomic E-state index is -3.70. The number of sulfonamides is 1. The lowest BCUT2D eigenvalue weighted by atomic mass is 10.1. The first-order valence-electron chi connectivity index (χ1n) is 8.01. The first-order chi connectivity index (χ1) is 11.9. The Kier molecular flexibility index (Phi) is 5.03. The molecule has 0 aliphatic carbocycles. The lowest BCUT2D eigenvalue weighted by Gasteiger charge is -2.19. The van der Waals surface area contributed by atoms with Crippen molar-refractivity contribution >= 4 is 10.0 Å². The maximum absolute atomic E-state index is 12.4. The number of hydrogen-bond donors (Lipinski definition) is 2. The van der Waals surface area contributed by atoms with Gasteiger partial charge in [0.25, 0.3) is 0 Å². The van der Waals surface area contributed by atoms with Gasteiger partial charge in [0, 0.05) is 18.2 Å². The van der Waals surface area contributed by atoms with Crippen LogP contribution in [0.3, 0.4) is 0 Å². The van der Waals surface area contributed by atoms with Gasteiger partial charge in [-0.3, -0.25) is 0 Å². The number of aliphatic hydroxyl groups excluding tert-OH is 1. The molecule has 2 N–H and O–H groups in total. The molecule has 3 rings (SSSR count). The predicted octanol–water partition coefficient (Wildman–Crippen LogP) is 2.07. The molecular formula is C17H21NO6S. The number of rotatable bonds is 6. The molecule has 1 aliphatic heterocycles. The zero-order valence-electron chi connectivity index (χ0n) is 14.1. The summed E-state index contributed by atoms with van der Waals surface area (Å²) in [5, 5.41) is 10.2. The van der Waals surface area contributed by atoms with Crippen molar-refractivity contribution in [2.45, 2.75) is 31.3 Å². The summed E-state index contributed by atoms with van der Waals surface area (Å²) in [6, 6.07) is 6.25. The highest BCUT2D eigenvalue weighted by molar-refractivity contribution is 7.89. The molecule has 1 aliphatic rings. The smallest absolute Gasteiger partial charge is 0.240 e. The average molecular weight is 367 g/mol. The summed E-state index contributed by atoms with van der Waals surface area (Å²) in [5.74, 6) is 2.30. The van der Waals surface area contributed by atoms with Crippen molar-refractivity contribution in [3.8, 4) is 11.5 Å². The van der Waals surface area contributed by atoms with Gasteiger partial charge in [0.05, 0.1) is 11.0 Å². The van der Waals surface area contributed by atoms with E-state index in [0.29, 0.717) is 41.8 Å². The van der Waals surface area contributed by atoms with E-state index in [2.05, 4.69) is 4.72 Å². The molecule has 0 radical (unpaired) electrons. The van der Waals surface area contributed by atoms with E-state index in [1.54, 1.807) is 26.0 Å². The molecule has 1 aromatic heterocycles. The van der Waals surface area contributed by atoms with E-state index in [0.717, 1.165) is 0 Å². The second-order valence-electron chi connectivity index (χ2n) is 5.88. The van der Waals surface area contributed by atoms with E-state index < -0.39 is 16.1 Å². The fraction of sp³-hybridized carbons (Fsp3) is 0.412. The molecule has 7 nitrogen and oxygen atoms in total. The minimum Gasteiger partial charge on any atom is -0.486 e. The van der Waals surface area contributed by atoms with Gasteiger partial charge >= 0.3 is 0 Å². The number of furan rings is 1. The van der Waals surface area contributed by atoms with Gasteiger partial charge in [0.1, 0.15) is 24.7 Å². The lowest BCUT2D eigenvalue weighted by Crippen LogP contribution is -2.26. The van der Waals surface area contributed by atoms with E-state index in [-0.39, 0.29) is 17.9 Å². The van der Waals surface area contributed by atoms with Crippen LogP contribution >= 0.6 is 0 Å². The van der Waals surface area contributed by atoms with Crippen molar-refractivity contribution in [2.24, 2.45) is 0 Å².